The molecule has 262 valence electrons. The summed E-state index contributed by atoms with van der Waals surface area (Å²) >= 11 is 7.82. The number of carboxylic acids is 1. The molecule has 2 saturated heterocycles. The van der Waals surface area contributed by atoms with E-state index < -0.39 is 17.7 Å². The SMILES string of the molecule is COC(=O)N1CC(N2CCC(c3cn(C)c4ncc(-c5nc6cc(C)c(C(OC(C)(C)C)C(=O)O)c(-c7ccc(Cl)cc7)c6s5)cc34)CC2)C1. The molecule has 2 fully saturated rings. The lowest BCUT2D eigenvalue weighted by molar-refractivity contribution is -0.160. The lowest BCUT2D eigenvalue weighted by atomic mass is 9.88. The Morgan fingerprint density at radius 3 is 2.42 bits per heavy atom. The molecule has 12 heteroatoms. The van der Waals surface area contributed by atoms with Crippen molar-refractivity contribution in [1.29, 1.82) is 0 Å². The average molecular weight is 716 g/mol. The summed E-state index contributed by atoms with van der Waals surface area (Å²) in [5, 5.41) is 13.0. The van der Waals surface area contributed by atoms with Gasteiger partial charge in [0, 0.05) is 65.7 Å². The minimum atomic E-state index is -1.18. The predicted octanol–water partition coefficient (Wildman–Crippen LogP) is 8.05. The number of hydrogen-bond acceptors (Lipinski definition) is 8. The number of ether oxygens (including phenoxy) is 2. The molecule has 2 aliphatic rings. The minimum Gasteiger partial charge on any atom is -0.479 e. The van der Waals surface area contributed by atoms with E-state index in [4.69, 9.17) is 31.0 Å². The van der Waals surface area contributed by atoms with Gasteiger partial charge in [0.05, 0.1) is 22.9 Å². The van der Waals surface area contributed by atoms with Gasteiger partial charge in [0.15, 0.2) is 6.10 Å². The molecule has 3 aromatic heterocycles. The molecule has 1 unspecified atom stereocenters. The van der Waals surface area contributed by atoms with Crippen LogP contribution in [0.25, 0.3) is 42.9 Å². The summed E-state index contributed by atoms with van der Waals surface area (Å²) < 4.78 is 14.0. The van der Waals surface area contributed by atoms with Gasteiger partial charge < -0.3 is 24.0 Å². The summed E-state index contributed by atoms with van der Waals surface area (Å²) in [5.74, 6) is -0.646. The van der Waals surface area contributed by atoms with E-state index in [0.29, 0.717) is 22.5 Å². The first kappa shape index (κ1) is 34.4. The Labute approximate surface area is 300 Å². The van der Waals surface area contributed by atoms with Crippen molar-refractivity contribution < 1.29 is 24.2 Å². The van der Waals surface area contributed by atoms with Crippen LogP contribution in [-0.2, 0) is 21.3 Å². The van der Waals surface area contributed by atoms with Crippen molar-refractivity contribution in [1.82, 2.24) is 24.3 Å². The molecule has 50 heavy (non-hydrogen) atoms. The molecule has 0 radical (unpaired) electrons. The number of likely N-dealkylation sites (tertiary alicyclic amines) is 2. The molecule has 0 bridgehead atoms. The van der Waals surface area contributed by atoms with Crippen LogP contribution in [0.3, 0.4) is 0 Å². The number of pyridine rings is 1. The summed E-state index contributed by atoms with van der Waals surface area (Å²) in [7, 11) is 3.47. The van der Waals surface area contributed by atoms with Gasteiger partial charge in [0.1, 0.15) is 10.7 Å². The normalized spacial score (nSPS) is 17.0. The lowest BCUT2D eigenvalue weighted by Gasteiger charge is -2.46. The molecule has 1 amide bonds. The number of methoxy groups -OCH3 is 1. The Bertz CT molecular complexity index is 2090. The van der Waals surface area contributed by atoms with Crippen LogP contribution in [0.5, 0.6) is 0 Å². The number of halogens is 1. The molecule has 1 atom stereocenters. The number of amides is 1. The summed E-state index contributed by atoms with van der Waals surface area (Å²) in [6.45, 7) is 10.9. The van der Waals surface area contributed by atoms with Crippen LogP contribution in [0.1, 0.15) is 62.3 Å². The van der Waals surface area contributed by atoms with Gasteiger partial charge in [0.2, 0.25) is 0 Å². The third-order valence-corrected chi connectivity index (χ3v) is 11.3. The number of nitrogens with zero attached hydrogens (tertiary/aromatic N) is 5. The van der Waals surface area contributed by atoms with Crippen molar-refractivity contribution in [3.8, 4) is 21.7 Å². The Morgan fingerprint density at radius 1 is 1.08 bits per heavy atom. The fourth-order valence-corrected chi connectivity index (χ4v) is 8.67. The van der Waals surface area contributed by atoms with E-state index in [-0.39, 0.29) is 6.09 Å². The zero-order valence-corrected chi connectivity index (χ0v) is 30.8. The standard InChI is InChI=1S/C38H42ClN5O5S/c1-21-15-29-33(31(23-7-9-25(39)10-8-23)30(21)32(36(45)46)49-38(2,3)4)50-35(41-29)24-16-27-28(20-42(5)34(27)40-17-24)22-11-13-43(14-12-22)26-18-44(19-26)37(47)48-6/h7-10,15-17,20,22,26,32H,11-14,18-19H2,1-6H3,(H,45,46). The van der Waals surface area contributed by atoms with E-state index in [2.05, 4.69) is 21.7 Å². The van der Waals surface area contributed by atoms with Crippen molar-refractivity contribution in [3.63, 3.8) is 0 Å². The number of carboxylic acid groups (broad SMARTS) is 1. The molecule has 7 rings (SSSR count). The third kappa shape index (κ3) is 6.48. The Morgan fingerprint density at radius 2 is 1.78 bits per heavy atom. The maximum atomic E-state index is 12.7. The maximum Gasteiger partial charge on any atom is 0.409 e. The number of aromatic nitrogens is 3. The van der Waals surface area contributed by atoms with E-state index in [1.807, 2.05) is 71.3 Å². The second-order valence-corrected chi connectivity index (χ2v) is 15.9. The minimum absolute atomic E-state index is 0.251. The summed E-state index contributed by atoms with van der Waals surface area (Å²) in [6.07, 6.45) is 4.74. The zero-order chi connectivity index (χ0) is 35.5. The number of aryl methyl sites for hydroxylation is 2. The van der Waals surface area contributed by atoms with E-state index in [0.717, 1.165) is 87.5 Å². The first-order chi connectivity index (χ1) is 23.8. The van der Waals surface area contributed by atoms with Crippen molar-refractivity contribution in [2.24, 2.45) is 7.05 Å². The number of hydrogen-bond donors (Lipinski definition) is 1. The van der Waals surface area contributed by atoms with Crippen LogP contribution >= 0.6 is 22.9 Å². The van der Waals surface area contributed by atoms with Crippen LogP contribution in [0.15, 0.2) is 48.8 Å². The molecular weight excluding hydrogens is 674 g/mol. The number of piperidine rings is 1. The lowest BCUT2D eigenvalue weighted by Crippen LogP contribution is -2.62. The molecule has 5 heterocycles. The summed E-state index contributed by atoms with van der Waals surface area (Å²) in [4.78, 5) is 38.9. The quantitative estimate of drug-likeness (QED) is 0.180. The molecule has 2 aliphatic heterocycles. The van der Waals surface area contributed by atoms with Crippen LogP contribution in [-0.4, -0.2) is 86.4 Å². The van der Waals surface area contributed by atoms with E-state index >= 15 is 0 Å². The molecular formula is C38H42ClN5O5S. The zero-order valence-electron chi connectivity index (χ0n) is 29.2. The average Bonchev–Trinajstić information content (AvgIpc) is 3.63. The van der Waals surface area contributed by atoms with Crippen LogP contribution in [0, 0.1) is 6.92 Å². The van der Waals surface area contributed by atoms with Gasteiger partial charge >= 0.3 is 12.1 Å². The fraction of sp³-hybridized carbons (Fsp3) is 0.421. The topological polar surface area (TPSA) is 110 Å². The molecule has 0 spiro atoms. The molecule has 0 aliphatic carbocycles. The van der Waals surface area contributed by atoms with Gasteiger partial charge in [-0.3, -0.25) is 4.90 Å². The third-order valence-electron chi connectivity index (χ3n) is 9.89. The van der Waals surface area contributed by atoms with Crippen molar-refractivity contribution >= 4 is 56.3 Å². The van der Waals surface area contributed by atoms with Gasteiger partial charge in [0.25, 0.3) is 0 Å². The highest BCUT2D eigenvalue weighted by Crippen LogP contribution is 2.45. The van der Waals surface area contributed by atoms with Gasteiger partial charge in [-0.15, -0.1) is 11.3 Å². The fourth-order valence-electron chi connectivity index (χ4n) is 7.43. The van der Waals surface area contributed by atoms with Gasteiger partial charge in [-0.1, -0.05) is 23.7 Å². The monoisotopic (exact) mass is 715 g/mol. The van der Waals surface area contributed by atoms with Crippen LogP contribution in [0.4, 0.5) is 4.79 Å². The smallest absolute Gasteiger partial charge is 0.409 e. The van der Waals surface area contributed by atoms with E-state index in [9.17, 15) is 14.7 Å². The Hall–Kier alpha value is -4.03. The number of carbonyl (C=O) groups excluding carboxylic acids is 1. The second kappa shape index (κ2) is 13.3. The number of carbonyl (C=O) groups is 2. The Kier molecular flexibility index (Phi) is 9.13. The highest BCUT2D eigenvalue weighted by atomic mass is 35.5. The Balaban J connectivity index is 1.25. The number of thiazole rings is 1. The largest absolute Gasteiger partial charge is 0.479 e. The first-order valence-corrected chi connectivity index (χ1v) is 18.1. The molecule has 5 aromatic rings. The van der Waals surface area contributed by atoms with E-state index in [1.165, 1.54) is 24.0 Å². The number of rotatable bonds is 7. The number of aliphatic carboxylic acids is 1. The maximum absolute atomic E-state index is 12.7. The number of benzene rings is 2. The van der Waals surface area contributed by atoms with Gasteiger partial charge in [-0.05, 0) is 100 Å². The van der Waals surface area contributed by atoms with Crippen molar-refractivity contribution in [2.75, 3.05) is 33.3 Å². The molecule has 2 aromatic carbocycles. The molecule has 1 N–H and O–H groups in total. The van der Waals surface area contributed by atoms with Crippen molar-refractivity contribution in [2.45, 2.75) is 64.2 Å². The van der Waals surface area contributed by atoms with Crippen molar-refractivity contribution in [3.05, 3.63) is 70.5 Å². The van der Waals surface area contributed by atoms with Crippen LogP contribution < -0.4 is 0 Å². The van der Waals surface area contributed by atoms with Crippen LogP contribution in [0.2, 0.25) is 5.02 Å². The first-order valence-electron chi connectivity index (χ1n) is 16.9. The number of fused-ring (bicyclic) bond motifs is 2. The molecule has 0 saturated carbocycles. The van der Waals surface area contributed by atoms with Gasteiger partial charge in [-0.2, -0.15) is 0 Å². The predicted molar refractivity (Wildman–Crippen MR) is 197 cm³/mol. The molecule has 10 nitrogen and oxygen atoms in total. The highest BCUT2D eigenvalue weighted by molar-refractivity contribution is 7.22. The van der Waals surface area contributed by atoms with Gasteiger partial charge in [-0.25, -0.2) is 19.6 Å². The highest BCUT2D eigenvalue weighted by Gasteiger charge is 2.37. The second-order valence-electron chi connectivity index (χ2n) is 14.4. The van der Waals surface area contributed by atoms with E-state index in [1.54, 1.807) is 4.90 Å². The summed E-state index contributed by atoms with van der Waals surface area (Å²) in [6, 6.07) is 12.0. The summed E-state index contributed by atoms with van der Waals surface area (Å²) in [5.41, 5.74) is 6.30.